The fraction of sp³-hybridized carbons (Fsp3) is 0.408. The zero-order valence-electron chi connectivity index (χ0n) is 34.1. The predicted octanol–water partition coefficient (Wildman–Crippen LogP) is 9.32. The number of rotatable bonds is 18. The number of oxime groups is 1. The summed E-state index contributed by atoms with van der Waals surface area (Å²) in [5.41, 5.74) is 3.61. The average molecular weight is 798 g/mol. The van der Waals surface area contributed by atoms with E-state index in [9.17, 15) is 20.3 Å². The van der Waals surface area contributed by atoms with Crippen LogP contribution in [0.2, 0.25) is 0 Å². The minimum absolute atomic E-state index is 0.0793. The molecule has 1 fully saturated rings. The fourth-order valence-corrected chi connectivity index (χ4v) is 9.68. The maximum Gasteiger partial charge on any atom is 0.254 e. The summed E-state index contributed by atoms with van der Waals surface area (Å²) in [7, 11) is 1.55. The molecule has 0 aromatic heterocycles. The van der Waals surface area contributed by atoms with Crippen molar-refractivity contribution in [3.8, 4) is 23.3 Å². The number of carbonyl (C=O) groups is 1. The van der Waals surface area contributed by atoms with Gasteiger partial charge in [-0.05, 0) is 115 Å². The number of nitriles is 1. The van der Waals surface area contributed by atoms with Crippen molar-refractivity contribution >= 4 is 22.4 Å². The summed E-state index contributed by atoms with van der Waals surface area (Å²) in [6.45, 7) is 6.87. The van der Waals surface area contributed by atoms with E-state index in [1.807, 2.05) is 48.2 Å². The van der Waals surface area contributed by atoms with Crippen molar-refractivity contribution in [2.45, 2.75) is 76.0 Å². The number of unbranched alkanes of at least 4 members (excludes halogenated alkanes) is 2. The van der Waals surface area contributed by atoms with Crippen LogP contribution < -0.4 is 9.47 Å². The number of carbonyl (C=O) groups excluding carboxylic acids is 1. The molecule has 1 saturated carbocycles. The third-order valence-corrected chi connectivity index (χ3v) is 12.2. The number of aliphatic hydroxyl groups excluding tert-OH is 2. The van der Waals surface area contributed by atoms with E-state index in [2.05, 4.69) is 48.1 Å². The van der Waals surface area contributed by atoms with Gasteiger partial charge in [-0.1, -0.05) is 67.4 Å². The van der Waals surface area contributed by atoms with Gasteiger partial charge < -0.3 is 34.2 Å². The van der Waals surface area contributed by atoms with E-state index < -0.39 is 17.7 Å². The van der Waals surface area contributed by atoms with E-state index in [0.717, 1.165) is 59.1 Å². The second kappa shape index (κ2) is 19.1. The Bertz CT molecular complexity index is 2210. The summed E-state index contributed by atoms with van der Waals surface area (Å²) < 4.78 is 21.0. The summed E-state index contributed by atoms with van der Waals surface area (Å²) in [4.78, 5) is 22.2. The molecular weight excluding hydrogens is 743 g/mol. The molecule has 1 heterocycles. The number of hydrogen-bond donors (Lipinski definition) is 2. The first-order valence-corrected chi connectivity index (χ1v) is 21.0. The maximum atomic E-state index is 14.8. The van der Waals surface area contributed by atoms with Gasteiger partial charge in [0, 0.05) is 43.2 Å². The molecule has 2 aliphatic carbocycles. The third-order valence-electron chi connectivity index (χ3n) is 12.2. The molecule has 4 aromatic rings. The summed E-state index contributed by atoms with van der Waals surface area (Å²) in [5, 5.41) is 36.2. The van der Waals surface area contributed by atoms with Gasteiger partial charge >= 0.3 is 0 Å². The first-order chi connectivity index (χ1) is 28.9. The van der Waals surface area contributed by atoms with E-state index >= 15 is 0 Å². The Morgan fingerprint density at radius 1 is 0.983 bits per heavy atom. The van der Waals surface area contributed by atoms with E-state index in [4.69, 9.17) is 19.0 Å². The van der Waals surface area contributed by atoms with Crippen LogP contribution in [-0.4, -0.2) is 72.0 Å². The van der Waals surface area contributed by atoms with Crippen LogP contribution in [0, 0.1) is 29.1 Å². The normalized spacial score (nSPS) is 23.6. The molecule has 0 saturated heterocycles. The van der Waals surface area contributed by atoms with Crippen LogP contribution in [-0.2, 0) is 9.57 Å². The number of amides is 1. The SMILES string of the molecule is C=CCOC12Oc3ccc(Oc4ccc5ccccc5c4)cc3C3C(CCCCO)C(CCCCO)C=C(C(=NOC)CC1N(CCC)C(=O)c1ccc(C#N)cc1)C32. The van der Waals surface area contributed by atoms with Gasteiger partial charge in [-0.2, -0.15) is 5.26 Å². The molecule has 1 amide bonds. The van der Waals surface area contributed by atoms with Crippen molar-refractivity contribution < 1.29 is 34.1 Å². The Labute approximate surface area is 347 Å². The van der Waals surface area contributed by atoms with Crippen molar-refractivity contribution in [2.75, 3.05) is 33.5 Å². The van der Waals surface area contributed by atoms with Gasteiger partial charge in [0.25, 0.3) is 5.91 Å². The molecule has 6 atom stereocenters. The quantitative estimate of drug-likeness (QED) is 0.0578. The predicted molar refractivity (Wildman–Crippen MR) is 228 cm³/mol. The van der Waals surface area contributed by atoms with Crippen LogP contribution in [0.15, 0.2) is 114 Å². The maximum absolute atomic E-state index is 14.8. The molecular formula is C49H55N3O7. The van der Waals surface area contributed by atoms with E-state index in [1.165, 1.54) is 0 Å². The molecule has 308 valence electrons. The van der Waals surface area contributed by atoms with Gasteiger partial charge in [-0.15, -0.1) is 6.58 Å². The van der Waals surface area contributed by atoms with Crippen molar-refractivity contribution in [1.82, 2.24) is 4.90 Å². The monoisotopic (exact) mass is 797 g/mol. The molecule has 10 nitrogen and oxygen atoms in total. The minimum atomic E-state index is -1.37. The highest BCUT2D eigenvalue weighted by Crippen LogP contribution is 2.62. The fourth-order valence-electron chi connectivity index (χ4n) is 9.68. The standard InChI is InChI=1S/C49H55N3O7/c1-4-24-52(48(55)35-18-16-33(32-50)17-19-35)45-31-43(51-56-3)41-29-37(14-8-10-25-53)40(15-9-11-26-54)46-42-30-39(58-38-21-20-34-12-6-7-13-36(34)28-38)22-23-44(42)59-49(45,47(41)46)57-27-5-2/h5-7,12-13,16-23,28-30,37,40,45-47,53-54H,2,4,8-11,14-15,24-27,31H2,1,3H3. The Kier molecular flexibility index (Phi) is 13.5. The number of benzene rings is 4. The third kappa shape index (κ3) is 8.51. The van der Waals surface area contributed by atoms with Gasteiger partial charge in [0.1, 0.15) is 30.4 Å². The van der Waals surface area contributed by atoms with Gasteiger partial charge in [-0.25, -0.2) is 0 Å². The van der Waals surface area contributed by atoms with Crippen molar-refractivity contribution in [3.63, 3.8) is 0 Å². The van der Waals surface area contributed by atoms with Crippen molar-refractivity contribution in [1.29, 1.82) is 5.26 Å². The topological polar surface area (TPSA) is 134 Å². The Morgan fingerprint density at radius 2 is 1.71 bits per heavy atom. The highest BCUT2D eigenvalue weighted by molar-refractivity contribution is 6.03. The van der Waals surface area contributed by atoms with Crippen molar-refractivity contribution in [3.05, 3.63) is 126 Å². The lowest BCUT2D eigenvalue weighted by Gasteiger charge is -2.60. The Balaban J connectivity index is 1.42. The lowest BCUT2D eigenvalue weighted by molar-refractivity contribution is -0.254. The van der Waals surface area contributed by atoms with Crippen LogP contribution >= 0.6 is 0 Å². The number of hydrogen-bond acceptors (Lipinski definition) is 9. The van der Waals surface area contributed by atoms with Gasteiger partial charge in [-0.3, -0.25) is 4.79 Å². The summed E-state index contributed by atoms with van der Waals surface area (Å²) in [6.07, 6.45) is 9.72. The van der Waals surface area contributed by atoms with Crippen molar-refractivity contribution in [2.24, 2.45) is 22.9 Å². The first-order valence-electron chi connectivity index (χ1n) is 21.0. The molecule has 7 rings (SSSR count). The molecule has 6 unspecified atom stereocenters. The highest BCUT2D eigenvalue weighted by atomic mass is 16.7. The Morgan fingerprint density at radius 3 is 2.42 bits per heavy atom. The zero-order valence-corrected chi connectivity index (χ0v) is 34.1. The van der Waals surface area contributed by atoms with Crippen LogP contribution in [0.4, 0.5) is 0 Å². The average Bonchev–Trinajstić information content (AvgIpc) is 3.26. The number of allylic oxidation sites excluding steroid dienone is 1. The molecule has 2 N–H and O–H groups in total. The first kappa shape index (κ1) is 41.7. The van der Waals surface area contributed by atoms with Gasteiger partial charge in [0.05, 0.1) is 29.9 Å². The number of ether oxygens (including phenoxy) is 3. The lowest BCUT2D eigenvalue weighted by atomic mass is 9.55. The number of nitrogens with zero attached hydrogens (tertiary/aromatic N) is 3. The lowest BCUT2D eigenvalue weighted by Crippen LogP contribution is -2.70. The van der Waals surface area contributed by atoms with Gasteiger partial charge in [0.2, 0.25) is 5.79 Å². The molecule has 3 aliphatic rings. The summed E-state index contributed by atoms with van der Waals surface area (Å²) in [6, 6.07) is 28.5. The zero-order chi connectivity index (χ0) is 41.4. The van der Waals surface area contributed by atoms with Gasteiger partial charge in [0.15, 0.2) is 0 Å². The largest absolute Gasteiger partial charge is 0.459 e. The smallest absolute Gasteiger partial charge is 0.254 e. The molecule has 0 spiro atoms. The van der Waals surface area contributed by atoms with E-state index in [-0.39, 0.29) is 43.5 Å². The highest BCUT2D eigenvalue weighted by Gasteiger charge is 2.65. The van der Waals surface area contributed by atoms with E-state index in [1.54, 1.807) is 37.5 Å². The molecule has 0 bridgehead atoms. The van der Waals surface area contributed by atoms with Crippen LogP contribution in [0.1, 0.15) is 85.7 Å². The second-order valence-electron chi connectivity index (χ2n) is 15.8. The van der Waals surface area contributed by atoms with Crippen LogP contribution in [0.5, 0.6) is 17.2 Å². The summed E-state index contributed by atoms with van der Waals surface area (Å²) >= 11 is 0. The molecule has 0 radical (unpaired) electrons. The minimum Gasteiger partial charge on any atom is -0.459 e. The molecule has 4 aromatic carbocycles. The molecule has 59 heavy (non-hydrogen) atoms. The number of fused-ring (bicyclic) bond motifs is 3. The molecule has 10 heteroatoms. The van der Waals surface area contributed by atoms with E-state index in [0.29, 0.717) is 54.9 Å². The van der Waals surface area contributed by atoms with Crippen LogP contribution in [0.25, 0.3) is 10.8 Å². The molecule has 1 aliphatic heterocycles. The second-order valence-corrected chi connectivity index (χ2v) is 15.8. The Hall–Kier alpha value is -5.47. The number of aliphatic hydroxyl groups is 2. The summed E-state index contributed by atoms with van der Waals surface area (Å²) in [5.74, 6) is 0.0564. The van der Waals surface area contributed by atoms with Crippen LogP contribution in [0.3, 0.4) is 0 Å².